The number of hydrogen-bond acceptors (Lipinski definition) is 4. The maximum atomic E-state index is 14.3. The lowest BCUT2D eigenvalue weighted by Crippen LogP contribution is -2.38. The third-order valence-electron chi connectivity index (χ3n) is 5.54. The van der Waals surface area contributed by atoms with Gasteiger partial charge in [0.1, 0.15) is 0 Å². The van der Waals surface area contributed by atoms with E-state index < -0.39 is 11.8 Å². The zero-order valence-corrected chi connectivity index (χ0v) is 15.4. The highest BCUT2D eigenvalue weighted by Crippen LogP contribution is 2.25. The Balaban J connectivity index is 1.50. The minimum Gasteiger partial charge on any atom is -0.490 e. The summed E-state index contributed by atoms with van der Waals surface area (Å²) in [6.07, 6.45) is 4.40. The Morgan fingerprint density at radius 2 is 1.85 bits per heavy atom. The molecular weight excluding hydrogens is 351 g/mol. The van der Waals surface area contributed by atoms with Crippen molar-refractivity contribution < 1.29 is 23.8 Å². The molecule has 27 heavy (non-hydrogen) atoms. The van der Waals surface area contributed by atoms with Gasteiger partial charge < -0.3 is 20.5 Å². The topological polar surface area (TPSA) is 87.7 Å². The van der Waals surface area contributed by atoms with Crippen LogP contribution >= 0.6 is 0 Å². The number of benzene rings is 1. The van der Waals surface area contributed by atoms with E-state index in [1.807, 2.05) is 0 Å². The number of piperidine rings is 1. The molecule has 2 fully saturated rings. The second-order valence-corrected chi connectivity index (χ2v) is 7.51. The van der Waals surface area contributed by atoms with Crippen molar-refractivity contribution in [2.45, 2.75) is 44.6 Å². The normalized spacial score (nSPS) is 23.6. The average Bonchev–Trinajstić information content (AvgIpc) is 2.68. The van der Waals surface area contributed by atoms with E-state index in [0.29, 0.717) is 38.2 Å². The van der Waals surface area contributed by atoms with Gasteiger partial charge in [0.25, 0.3) is 5.91 Å². The molecule has 1 amide bonds. The molecular formula is C20H27FN2O4. The molecule has 148 valence electrons. The average molecular weight is 378 g/mol. The van der Waals surface area contributed by atoms with Crippen LogP contribution in [-0.4, -0.2) is 42.7 Å². The minimum atomic E-state index is -0.776. The lowest BCUT2D eigenvalue weighted by Gasteiger charge is -2.26. The van der Waals surface area contributed by atoms with Crippen LogP contribution in [0.25, 0.3) is 0 Å². The van der Waals surface area contributed by atoms with Gasteiger partial charge in [-0.2, -0.15) is 0 Å². The van der Waals surface area contributed by atoms with E-state index in [1.54, 1.807) is 6.07 Å². The number of rotatable bonds is 6. The Kier molecular flexibility index (Phi) is 6.66. The van der Waals surface area contributed by atoms with Gasteiger partial charge >= 0.3 is 5.97 Å². The minimum absolute atomic E-state index is 0.0630. The summed E-state index contributed by atoms with van der Waals surface area (Å²) in [5.41, 5.74) is 0.252. The van der Waals surface area contributed by atoms with Crippen molar-refractivity contribution in [3.63, 3.8) is 0 Å². The molecule has 0 aromatic heterocycles. The third kappa shape index (κ3) is 5.42. The Labute approximate surface area is 158 Å². The van der Waals surface area contributed by atoms with Crippen LogP contribution < -0.4 is 15.4 Å². The molecule has 6 nitrogen and oxygen atoms in total. The molecule has 0 unspecified atom stereocenters. The van der Waals surface area contributed by atoms with Gasteiger partial charge in [-0.15, -0.1) is 0 Å². The molecule has 0 atom stereocenters. The third-order valence-corrected chi connectivity index (χ3v) is 5.54. The number of carboxylic acid groups (broad SMARTS) is 1. The van der Waals surface area contributed by atoms with E-state index in [4.69, 9.17) is 9.84 Å². The van der Waals surface area contributed by atoms with Gasteiger partial charge in [0, 0.05) is 11.6 Å². The SMILES string of the molecule is O=C(NC1CCC(C(=O)O)CC1)c1ccc(OCC2CCNCC2)c(F)c1. The van der Waals surface area contributed by atoms with Crippen molar-refractivity contribution >= 4 is 11.9 Å². The molecule has 1 aromatic carbocycles. The predicted octanol–water partition coefficient (Wildman–Crippen LogP) is 2.58. The van der Waals surface area contributed by atoms with E-state index in [9.17, 15) is 14.0 Å². The predicted molar refractivity (Wildman–Crippen MR) is 98.3 cm³/mol. The van der Waals surface area contributed by atoms with Crippen LogP contribution in [0, 0.1) is 17.7 Å². The first-order valence-electron chi connectivity index (χ1n) is 9.69. The van der Waals surface area contributed by atoms with Crippen LogP contribution in [0.4, 0.5) is 4.39 Å². The van der Waals surface area contributed by atoms with Crippen molar-refractivity contribution in [3.05, 3.63) is 29.6 Å². The van der Waals surface area contributed by atoms with Crippen LogP contribution in [0.15, 0.2) is 18.2 Å². The molecule has 0 bridgehead atoms. The Bertz CT molecular complexity index is 668. The van der Waals surface area contributed by atoms with Gasteiger partial charge in [0.05, 0.1) is 12.5 Å². The van der Waals surface area contributed by atoms with Crippen LogP contribution in [0.2, 0.25) is 0 Å². The Hall–Kier alpha value is -2.15. The molecule has 1 heterocycles. The van der Waals surface area contributed by atoms with E-state index in [-0.39, 0.29) is 29.2 Å². The Morgan fingerprint density at radius 1 is 1.15 bits per heavy atom. The maximum Gasteiger partial charge on any atom is 0.306 e. The van der Waals surface area contributed by atoms with E-state index >= 15 is 0 Å². The first kappa shape index (κ1) is 19.6. The lowest BCUT2D eigenvalue weighted by atomic mass is 9.86. The quantitative estimate of drug-likeness (QED) is 0.708. The molecule has 0 spiro atoms. The number of carbonyl (C=O) groups is 2. The van der Waals surface area contributed by atoms with Crippen LogP contribution in [0.3, 0.4) is 0 Å². The Morgan fingerprint density at radius 3 is 2.48 bits per heavy atom. The maximum absolute atomic E-state index is 14.3. The number of carbonyl (C=O) groups excluding carboxylic acids is 1. The molecule has 1 aromatic rings. The molecule has 1 aliphatic carbocycles. The molecule has 1 saturated carbocycles. The second-order valence-electron chi connectivity index (χ2n) is 7.51. The zero-order valence-electron chi connectivity index (χ0n) is 15.4. The summed E-state index contributed by atoms with van der Waals surface area (Å²) in [7, 11) is 0. The molecule has 3 rings (SSSR count). The smallest absolute Gasteiger partial charge is 0.306 e. The summed E-state index contributed by atoms with van der Waals surface area (Å²) in [5.74, 6) is -1.38. The molecule has 2 aliphatic rings. The number of ether oxygens (including phenoxy) is 1. The van der Waals surface area contributed by atoms with E-state index in [2.05, 4.69) is 10.6 Å². The summed E-state index contributed by atoms with van der Waals surface area (Å²) >= 11 is 0. The highest BCUT2D eigenvalue weighted by atomic mass is 19.1. The van der Waals surface area contributed by atoms with E-state index in [0.717, 1.165) is 25.9 Å². The van der Waals surface area contributed by atoms with Gasteiger partial charge in [0.15, 0.2) is 11.6 Å². The summed E-state index contributed by atoms with van der Waals surface area (Å²) in [6.45, 7) is 2.41. The van der Waals surface area contributed by atoms with Crippen molar-refractivity contribution in [1.82, 2.24) is 10.6 Å². The number of nitrogens with one attached hydrogen (secondary N) is 2. The highest BCUT2D eigenvalue weighted by Gasteiger charge is 2.27. The van der Waals surface area contributed by atoms with E-state index in [1.165, 1.54) is 12.1 Å². The van der Waals surface area contributed by atoms with Gasteiger partial charge in [-0.05, 0) is 75.7 Å². The van der Waals surface area contributed by atoms with Gasteiger partial charge in [-0.25, -0.2) is 4.39 Å². The number of amides is 1. The molecule has 7 heteroatoms. The van der Waals surface area contributed by atoms with Crippen molar-refractivity contribution in [2.75, 3.05) is 19.7 Å². The highest BCUT2D eigenvalue weighted by molar-refractivity contribution is 5.94. The lowest BCUT2D eigenvalue weighted by molar-refractivity contribution is -0.142. The number of carboxylic acids is 1. The van der Waals surface area contributed by atoms with Crippen LogP contribution in [0.1, 0.15) is 48.9 Å². The zero-order chi connectivity index (χ0) is 19.2. The standard InChI is InChI=1S/C20H27FN2O4/c21-17-11-15(3-6-18(17)27-12-13-7-9-22-10-8-13)19(24)23-16-4-1-14(2-5-16)20(25)26/h3,6,11,13-14,16,22H,1-2,4-5,7-10,12H2,(H,23,24)(H,25,26). The number of aliphatic carboxylic acids is 1. The monoisotopic (exact) mass is 378 g/mol. The first-order chi connectivity index (χ1) is 13.0. The van der Waals surface area contributed by atoms with Crippen molar-refractivity contribution in [3.8, 4) is 5.75 Å². The van der Waals surface area contributed by atoms with Gasteiger partial charge in [-0.1, -0.05) is 0 Å². The fourth-order valence-corrected chi connectivity index (χ4v) is 3.77. The second kappa shape index (κ2) is 9.17. The largest absolute Gasteiger partial charge is 0.490 e. The number of hydrogen-bond donors (Lipinski definition) is 3. The van der Waals surface area contributed by atoms with Crippen LogP contribution in [0.5, 0.6) is 5.75 Å². The number of halogens is 1. The molecule has 1 saturated heterocycles. The van der Waals surface area contributed by atoms with Crippen molar-refractivity contribution in [2.24, 2.45) is 11.8 Å². The fourth-order valence-electron chi connectivity index (χ4n) is 3.77. The summed E-state index contributed by atoms with van der Waals surface area (Å²) in [5, 5.41) is 15.2. The first-order valence-corrected chi connectivity index (χ1v) is 9.69. The van der Waals surface area contributed by atoms with Gasteiger partial charge in [-0.3, -0.25) is 9.59 Å². The summed E-state index contributed by atoms with van der Waals surface area (Å²) in [6, 6.07) is 4.22. The summed E-state index contributed by atoms with van der Waals surface area (Å²) < 4.78 is 19.9. The summed E-state index contributed by atoms with van der Waals surface area (Å²) in [4.78, 5) is 23.3. The molecule has 0 radical (unpaired) electrons. The fraction of sp³-hybridized carbons (Fsp3) is 0.600. The molecule has 3 N–H and O–H groups in total. The van der Waals surface area contributed by atoms with Crippen LogP contribution in [-0.2, 0) is 4.79 Å². The van der Waals surface area contributed by atoms with Crippen molar-refractivity contribution in [1.29, 1.82) is 0 Å². The molecule has 1 aliphatic heterocycles. The van der Waals surface area contributed by atoms with Gasteiger partial charge in [0.2, 0.25) is 0 Å².